The van der Waals surface area contributed by atoms with Crippen LogP contribution in [-0.4, -0.2) is 22.0 Å². The number of carboxylic acids is 1. The Morgan fingerprint density at radius 1 is 1.24 bits per heavy atom. The van der Waals surface area contributed by atoms with E-state index in [0.717, 1.165) is 6.92 Å². The number of ether oxygens (including phenoxy) is 1. The second-order valence-electron chi connectivity index (χ2n) is 2.86. The van der Waals surface area contributed by atoms with E-state index >= 15 is 0 Å². The number of rotatable bonds is 2. The summed E-state index contributed by atoms with van der Waals surface area (Å²) in [4.78, 5) is 29.2. The zero-order valence-corrected chi connectivity index (χ0v) is 9.25. The van der Waals surface area contributed by atoms with Gasteiger partial charge in [-0.1, -0.05) is 0 Å². The molecule has 1 rings (SSSR count). The van der Waals surface area contributed by atoms with E-state index in [4.69, 9.17) is 9.90 Å². The number of carbonyl (C=O) groups excluding carboxylic acids is 1. The van der Waals surface area contributed by atoms with Gasteiger partial charge in [0.25, 0.3) is 11.7 Å². The van der Waals surface area contributed by atoms with Crippen LogP contribution >= 0.6 is 0 Å². The first-order valence-electron chi connectivity index (χ1n) is 4.45. The Balaban J connectivity index is 0.000000557. The number of nitro groups is 1. The predicted molar refractivity (Wildman–Crippen MR) is 57.7 cm³/mol. The smallest absolute Gasteiger partial charge is 0.308 e. The molecule has 1 aromatic rings. The lowest BCUT2D eigenvalue weighted by atomic mass is 10.3. The molecule has 7 nitrogen and oxygen atoms in total. The summed E-state index contributed by atoms with van der Waals surface area (Å²) >= 11 is 0. The van der Waals surface area contributed by atoms with Gasteiger partial charge < -0.3 is 9.84 Å². The SMILES string of the molecule is CC(=O)O.CC(=O)Oc1ccc([N+](=O)[O-])cc1. The Morgan fingerprint density at radius 2 is 1.65 bits per heavy atom. The maximum atomic E-state index is 10.5. The second-order valence-corrected chi connectivity index (χ2v) is 2.86. The summed E-state index contributed by atoms with van der Waals surface area (Å²) < 4.78 is 4.69. The zero-order chi connectivity index (χ0) is 13.4. The van der Waals surface area contributed by atoms with Crippen LogP contribution in [0.3, 0.4) is 0 Å². The fourth-order valence-electron chi connectivity index (χ4n) is 0.802. The molecule has 0 spiro atoms. The van der Waals surface area contributed by atoms with Gasteiger partial charge in [0.1, 0.15) is 5.75 Å². The van der Waals surface area contributed by atoms with E-state index in [1.54, 1.807) is 0 Å². The van der Waals surface area contributed by atoms with Crippen molar-refractivity contribution in [3.8, 4) is 5.75 Å². The fraction of sp³-hybridized carbons (Fsp3) is 0.200. The van der Waals surface area contributed by atoms with Gasteiger partial charge in [-0.25, -0.2) is 0 Å². The molecule has 0 saturated carbocycles. The highest BCUT2D eigenvalue weighted by Crippen LogP contribution is 2.17. The number of hydrogen-bond acceptors (Lipinski definition) is 5. The largest absolute Gasteiger partial charge is 0.481 e. The van der Waals surface area contributed by atoms with E-state index in [-0.39, 0.29) is 5.69 Å². The molecule has 17 heavy (non-hydrogen) atoms. The number of carboxylic acid groups (broad SMARTS) is 1. The molecule has 0 aromatic heterocycles. The maximum Gasteiger partial charge on any atom is 0.308 e. The molecule has 92 valence electrons. The van der Waals surface area contributed by atoms with E-state index in [2.05, 4.69) is 4.74 Å². The third-order valence-electron chi connectivity index (χ3n) is 1.31. The molecule has 0 heterocycles. The van der Waals surface area contributed by atoms with Crippen LogP contribution in [0.15, 0.2) is 24.3 Å². The number of esters is 1. The van der Waals surface area contributed by atoms with Crippen LogP contribution in [0.5, 0.6) is 5.75 Å². The van der Waals surface area contributed by atoms with Crippen molar-refractivity contribution in [1.29, 1.82) is 0 Å². The lowest BCUT2D eigenvalue weighted by Gasteiger charge is -1.98. The molecule has 7 heteroatoms. The fourth-order valence-corrected chi connectivity index (χ4v) is 0.802. The third kappa shape index (κ3) is 7.48. The Bertz CT molecular complexity index is 407. The average molecular weight is 241 g/mol. The van der Waals surface area contributed by atoms with Gasteiger partial charge in [-0.2, -0.15) is 0 Å². The standard InChI is InChI=1S/C8H7NO4.C2H4O2/c1-6(10)13-8-4-2-7(3-5-8)9(11)12;1-2(3)4/h2-5H,1H3;1H3,(H,3,4). The third-order valence-corrected chi connectivity index (χ3v) is 1.31. The lowest BCUT2D eigenvalue weighted by Crippen LogP contribution is -2.01. The molecule has 1 N–H and O–H groups in total. The lowest BCUT2D eigenvalue weighted by molar-refractivity contribution is -0.384. The molecule has 0 bridgehead atoms. The Hall–Kier alpha value is -2.44. The summed E-state index contributed by atoms with van der Waals surface area (Å²) in [6, 6.07) is 5.30. The number of nitrogens with zero attached hydrogens (tertiary/aromatic N) is 1. The summed E-state index contributed by atoms with van der Waals surface area (Å²) in [6.45, 7) is 2.35. The topological polar surface area (TPSA) is 107 Å². The summed E-state index contributed by atoms with van der Waals surface area (Å²) in [7, 11) is 0. The molecular weight excluding hydrogens is 230 g/mol. The Morgan fingerprint density at radius 3 is 1.94 bits per heavy atom. The first kappa shape index (κ1) is 14.6. The van der Waals surface area contributed by atoms with E-state index < -0.39 is 16.9 Å². The van der Waals surface area contributed by atoms with Crippen molar-refractivity contribution in [1.82, 2.24) is 0 Å². The van der Waals surface area contributed by atoms with Crippen molar-refractivity contribution >= 4 is 17.6 Å². The molecular formula is C10H11NO6. The summed E-state index contributed by atoms with van der Waals surface area (Å²) in [5, 5.41) is 17.6. The minimum atomic E-state index is -0.833. The first-order chi connectivity index (χ1) is 7.82. The van der Waals surface area contributed by atoms with Gasteiger partial charge in [-0.05, 0) is 12.1 Å². The minimum Gasteiger partial charge on any atom is -0.481 e. The molecule has 0 radical (unpaired) electrons. The van der Waals surface area contributed by atoms with Gasteiger partial charge >= 0.3 is 5.97 Å². The molecule has 0 aliphatic heterocycles. The Labute approximate surface area is 96.8 Å². The van der Waals surface area contributed by atoms with Crippen LogP contribution in [-0.2, 0) is 9.59 Å². The summed E-state index contributed by atoms with van der Waals surface area (Å²) in [5.41, 5.74) is -0.0316. The minimum absolute atomic E-state index is 0.0316. The zero-order valence-electron chi connectivity index (χ0n) is 9.25. The highest BCUT2D eigenvalue weighted by molar-refractivity contribution is 5.69. The number of non-ortho nitro benzene ring substituents is 1. The molecule has 0 atom stereocenters. The van der Waals surface area contributed by atoms with Crippen molar-refractivity contribution in [3.63, 3.8) is 0 Å². The molecule has 0 amide bonds. The van der Waals surface area contributed by atoms with Crippen LogP contribution in [0.1, 0.15) is 13.8 Å². The van der Waals surface area contributed by atoms with Crippen LogP contribution < -0.4 is 4.74 Å². The number of hydrogen-bond donors (Lipinski definition) is 1. The van der Waals surface area contributed by atoms with Crippen LogP contribution in [0.25, 0.3) is 0 Å². The van der Waals surface area contributed by atoms with Crippen LogP contribution in [0.2, 0.25) is 0 Å². The number of nitro benzene ring substituents is 1. The molecule has 0 unspecified atom stereocenters. The second kappa shape index (κ2) is 6.94. The average Bonchev–Trinajstić information content (AvgIpc) is 2.16. The van der Waals surface area contributed by atoms with E-state index in [0.29, 0.717) is 5.75 Å². The number of carbonyl (C=O) groups is 2. The normalized spacial score (nSPS) is 8.59. The van der Waals surface area contributed by atoms with Gasteiger partial charge in [-0.15, -0.1) is 0 Å². The molecule has 0 aliphatic rings. The van der Waals surface area contributed by atoms with E-state index in [1.165, 1.54) is 31.2 Å². The maximum absolute atomic E-state index is 10.5. The van der Waals surface area contributed by atoms with Gasteiger partial charge in [0.2, 0.25) is 0 Å². The molecule has 1 aromatic carbocycles. The van der Waals surface area contributed by atoms with Gasteiger partial charge in [-0.3, -0.25) is 19.7 Å². The van der Waals surface area contributed by atoms with Crippen molar-refractivity contribution in [3.05, 3.63) is 34.4 Å². The number of benzene rings is 1. The van der Waals surface area contributed by atoms with Gasteiger partial charge in [0, 0.05) is 26.0 Å². The van der Waals surface area contributed by atoms with Crippen LogP contribution in [0, 0.1) is 10.1 Å². The van der Waals surface area contributed by atoms with Crippen LogP contribution in [0.4, 0.5) is 5.69 Å². The van der Waals surface area contributed by atoms with Crippen molar-refractivity contribution in [2.75, 3.05) is 0 Å². The van der Waals surface area contributed by atoms with Crippen molar-refractivity contribution < 1.29 is 24.4 Å². The highest BCUT2D eigenvalue weighted by atomic mass is 16.6. The number of aliphatic carboxylic acids is 1. The van der Waals surface area contributed by atoms with Crippen molar-refractivity contribution in [2.24, 2.45) is 0 Å². The van der Waals surface area contributed by atoms with Crippen molar-refractivity contribution in [2.45, 2.75) is 13.8 Å². The first-order valence-corrected chi connectivity index (χ1v) is 4.45. The molecule has 0 fully saturated rings. The van der Waals surface area contributed by atoms with E-state index in [9.17, 15) is 14.9 Å². The monoisotopic (exact) mass is 241 g/mol. The highest BCUT2D eigenvalue weighted by Gasteiger charge is 2.04. The van der Waals surface area contributed by atoms with Gasteiger partial charge in [0.15, 0.2) is 0 Å². The molecule has 0 aliphatic carbocycles. The quantitative estimate of drug-likeness (QED) is 0.365. The van der Waals surface area contributed by atoms with Gasteiger partial charge in [0.05, 0.1) is 4.92 Å². The summed E-state index contributed by atoms with van der Waals surface area (Å²) in [5.74, 6) is -0.980. The predicted octanol–water partition coefficient (Wildman–Crippen LogP) is 1.61. The summed E-state index contributed by atoms with van der Waals surface area (Å²) in [6.07, 6.45) is 0. The Kier molecular flexibility index (Phi) is 5.94. The van der Waals surface area contributed by atoms with E-state index in [1.807, 2.05) is 0 Å². The molecule has 0 saturated heterocycles.